The van der Waals surface area contributed by atoms with E-state index >= 15 is 0 Å². The number of rotatable bonds is 2. The van der Waals surface area contributed by atoms with E-state index in [0.29, 0.717) is 0 Å². The Hall–Kier alpha value is -1.87. The lowest BCUT2D eigenvalue weighted by Gasteiger charge is -2.09. The number of fused-ring (bicyclic) bond motifs is 1. The number of nitrogens with zero attached hydrogens (tertiary/aromatic N) is 2. The van der Waals surface area contributed by atoms with Crippen molar-refractivity contribution in [3.8, 4) is 0 Å². The maximum Gasteiger partial charge on any atom is 0.166 e. The number of aromatic nitrogens is 1. The Labute approximate surface area is 113 Å². The van der Waals surface area contributed by atoms with Crippen LogP contribution >= 0.6 is 0 Å². The molecule has 2 heterocycles. The second-order valence-electron chi connectivity index (χ2n) is 4.87. The molecule has 0 saturated carbocycles. The molecule has 2 aromatic rings. The highest BCUT2D eigenvalue weighted by Crippen LogP contribution is 2.21. The molecule has 0 amide bonds. The third-order valence-corrected chi connectivity index (χ3v) is 3.55. The van der Waals surface area contributed by atoms with E-state index in [1.54, 1.807) is 0 Å². The zero-order chi connectivity index (χ0) is 13.1. The van der Waals surface area contributed by atoms with E-state index in [2.05, 4.69) is 65.0 Å². The van der Waals surface area contributed by atoms with Crippen molar-refractivity contribution in [1.29, 1.82) is 0 Å². The Kier molecular flexibility index (Phi) is 3.47. The number of hydrogen-bond donors (Lipinski definition) is 0. The van der Waals surface area contributed by atoms with Gasteiger partial charge in [0.05, 0.1) is 0 Å². The number of benzene rings is 1. The van der Waals surface area contributed by atoms with E-state index < -0.39 is 0 Å². The minimum absolute atomic E-state index is 0.832. The summed E-state index contributed by atoms with van der Waals surface area (Å²) in [7, 11) is 2.09. The molecule has 98 valence electrons. The monoisotopic (exact) mass is 255 g/mol. The molecular formula is C16H19N2O+. The standard InChI is InChI=1S/C16H19N2O/c1-17-13-14(15-6-2-3-7-16(15)17)5-4-8-18-9-11-19-12-10-18/h2-8,13H,9-12H2,1H3/q+1. The fourth-order valence-corrected chi connectivity index (χ4v) is 2.50. The minimum atomic E-state index is 0.832. The van der Waals surface area contributed by atoms with Gasteiger partial charge in [0.2, 0.25) is 0 Å². The molecule has 0 N–H and O–H groups in total. The summed E-state index contributed by atoms with van der Waals surface area (Å²) in [5.74, 6) is 0. The van der Waals surface area contributed by atoms with Crippen LogP contribution in [0.25, 0.3) is 17.0 Å². The van der Waals surface area contributed by atoms with Gasteiger partial charge in [0.1, 0.15) is 13.2 Å². The van der Waals surface area contributed by atoms with Crippen molar-refractivity contribution in [2.24, 2.45) is 7.05 Å². The van der Waals surface area contributed by atoms with Crippen LogP contribution in [0.4, 0.5) is 0 Å². The first-order chi connectivity index (χ1) is 9.34. The predicted octanol–water partition coefficient (Wildman–Crippen LogP) is 2.31. The van der Waals surface area contributed by atoms with Gasteiger partial charge in [-0.2, -0.15) is 0 Å². The SMILES string of the molecule is Cn1cc(/C=C\C=[N+]2CCOCC2)c2ccccc21. The van der Waals surface area contributed by atoms with Crippen LogP contribution in [0.5, 0.6) is 0 Å². The third kappa shape index (κ3) is 2.61. The van der Waals surface area contributed by atoms with Crippen molar-refractivity contribution >= 4 is 23.2 Å². The van der Waals surface area contributed by atoms with Gasteiger partial charge in [0.15, 0.2) is 19.3 Å². The van der Waals surface area contributed by atoms with Gasteiger partial charge in [-0.15, -0.1) is 0 Å². The highest BCUT2D eigenvalue weighted by Gasteiger charge is 2.09. The quantitative estimate of drug-likeness (QED) is 0.753. The maximum atomic E-state index is 5.34. The molecule has 0 atom stereocenters. The minimum Gasteiger partial charge on any atom is -0.368 e. The lowest BCUT2D eigenvalue weighted by Crippen LogP contribution is -2.28. The van der Waals surface area contributed by atoms with Gasteiger partial charge in [0, 0.05) is 35.8 Å². The largest absolute Gasteiger partial charge is 0.368 e. The van der Waals surface area contributed by atoms with Crippen molar-refractivity contribution < 1.29 is 9.31 Å². The molecule has 0 radical (unpaired) electrons. The average molecular weight is 255 g/mol. The van der Waals surface area contributed by atoms with Crippen LogP contribution in [-0.4, -0.2) is 41.7 Å². The van der Waals surface area contributed by atoms with Crippen LogP contribution in [0, 0.1) is 0 Å². The highest BCUT2D eigenvalue weighted by molar-refractivity contribution is 5.91. The lowest BCUT2D eigenvalue weighted by atomic mass is 10.1. The van der Waals surface area contributed by atoms with E-state index in [4.69, 9.17) is 4.74 Å². The zero-order valence-corrected chi connectivity index (χ0v) is 11.2. The molecule has 0 unspecified atom stereocenters. The highest BCUT2D eigenvalue weighted by atomic mass is 16.5. The van der Waals surface area contributed by atoms with Gasteiger partial charge in [-0.05, 0) is 12.1 Å². The van der Waals surface area contributed by atoms with Crippen molar-refractivity contribution in [2.75, 3.05) is 26.3 Å². The van der Waals surface area contributed by atoms with Crippen LogP contribution in [-0.2, 0) is 11.8 Å². The molecule has 3 heteroatoms. The summed E-state index contributed by atoms with van der Waals surface area (Å²) in [6.45, 7) is 3.64. The lowest BCUT2D eigenvalue weighted by molar-refractivity contribution is -0.544. The molecule has 3 nitrogen and oxygen atoms in total. The molecule has 19 heavy (non-hydrogen) atoms. The molecular weight excluding hydrogens is 236 g/mol. The smallest absolute Gasteiger partial charge is 0.166 e. The van der Waals surface area contributed by atoms with Crippen LogP contribution in [0.3, 0.4) is 0 Å². The molecule has 0 spiro atoms. The second-order valence-corrected chi connectivity index (χ2v) is 4.87. The summed E-state index contributed by atoms with van der Waals surface area (Å²) in [4.78, 5) is 0. The number of hydrogen-bond acceptors (Lipinski definition) is 1. The molecule has 1 fully saturated rings. The summed E-state index contributed by atoms with van der Waals surface area (Å²) in [5, 5.41) is 1.30. The van der Waals surface area contributed by atoms with Crippen molar-refractivity contribution in [1.82, 2.24) is 4.57 Å². The summed E-state index contributed by atoms with van der Waals surface area (Å²) in [6.07, 6.45) is 8.64. The van der Waals surface area contributed by atoms with E-state index in [0.717, 1.165) is 26.3 Å². The van der Waals surface area contributed by atoms with Gasteiger partial charge in [0.25, 0.3) is 0 Å². The van der Waals surface area contributed by atoms with E-state index in [1.165, 1.54) is 16.5 Å². The first kappa shape index (κ1) is 12.2. The summed E-state index contributed by atoms with van der Waals surface area (Å²) < 4.78 is 9.80. The van der Waals surface area contributed by atoms with E-state index in [9.17, 15) is 0 Å². The first-order valence-electron chi connectivity index (χ1n) is 6.72. The average Bonchev–Trinajstić information content (AvgIpc) is 2.78. The Morgan fingerprint density at radius 1 is 1.21 bits per heavy atom. The Bertz CT molecular complexity index is 629. The predicted molar refractivity (Wildman–Crippen MR) is 78.8 cm³/mol. The Balaban J connectivity index is 1.85. The van der Waals surface area contributed by atoms with Crippen molar-refractivity contribution in [3.05, 3.63) is 42.1 Å². The summed E-state index contributed by atoms with van der Waals surface area (Å²) in [5.41, 5.74) is 2.54. The van der Waals surface area contributed by atoms with Gasteiger partial charge in [-0.25, -0.2) is 4.58 Å². The van der Waals surface area contributed by atoms with Gasteiger partial charge >= 0.3 is 0 Å². The molecule has 1 aliphatic heterocycles. The van der Waals surface area contributed by atoms with Crippen LogP contribution in [0.2, 0.25) is 0 Å². The zero-order valence-electron chi connectivity index (χ0n) is 11.2. The fourth-order valence-electron chi connectivity index (χ4n) is 2.50. The summed E-state index contributed by atoms with van der Waals surface area (Å²) >= 11 is 0. The topological polar surface area (TPSA) is 17.2 Å². The van der Waals surface area contributed by atoms with Gasteiger partial charge in [-0.3, -0.25) is 0 Å². The Morgan fingerprint density at radius 2 is 2.00 bits per heavy atom. The molecule has 1 aromatic carbocycles. The molecule has 0 aliphatic carbocycles. The van der Waals surface area contributed by atoms with Crippen LogP contribution in [0.1, 0.15) is 5.56 Å². The number of allylic oxidation sites excluding steroid dienone is 1. The number of para-hydroxylation sites is 1. The molecule has 3 rings (SSSR count). The normalized spacial score (nSPS) is 16.4. The van der Waals surface area contributed by atoms with Crippen molar-refractivity contribution in [2.45, 2.75) is 0 Å². The Morgan fingerprint density at radius 3 is 2.84 bits per heavy atom. The van der Waals surface area contributed by atoms with Gasteiger partial charge in [-0.1, -0.05) is 18.2 Å². The van der Waals surface area contributed by atoms with E-state index in [1.807, 2.05) is 0 Å². The molecule has 1 aromatic heterocycles. The molecule has 1 aliphatic rings. The third-order valence-electron chi connectivity index (χ3n) is 3.55. The maximum absolute atomic E-state index is 5.34. The van der Waals surface area contributed by atoms with Crippen molar-refractivity contribution in [3.63, 3.8) is 0 Å². The molecule has 1 saturated heterocycles. The summed E-state index contributed by atoms with van der Waals surface area (Å²) in [6, 6.07) is 8.49. The number of aryl methyl sites for hydroxylation is 1. The number of ether oxygens (including phenoxy) is 1. The van der Waals surface area contributed by atoms with Crippen LogP contribution < -0.4 is 0 Å². The first-order valence-corrected chi connectivity index (χ1v) is 6.72. The second kappa shape index (κ2) is 5.41. The number of morpholine rings is 1. The van der Waals surface area contributed by atoms with E-state index in [-0.39, 0.29) is 0 Å². The molecule has 0 bridgehead atoms. The van der Waals surface area contributed by atoms with Crippen LogP contribution in [0.15, 0.2) is 36.5 Å². The van der Waals surface area contributed by atoms with Gasteiger partial charge < -0.3 is 9.30 Å². The fraction of sp³-hybridized carbons (Fsp3) is 0.312.